The van der Waals surface area contributed by atoms with Gasteiger partial charge in [-0.3, -0.25) is 0 Å². The smallest absolute Gasteiger partial charge is 0.185 e. The highest BCUT2D eigenvalue weighted by Gasteiger charge is 2.28. The van der Waals surface area contributed by atoms with E-state index in [2.05, 4.69) is 38.0 Å². The van der Waals surface area contributed by atoms with Crippen LogP contribution < -0.4 is 10.2 Å². The van der Waals surface area contributed by atoms with Gasteiger partial charge in [0.25, 0.3) is 0 Å². The zero-order valence-electron chi connectivity index (χ0n) is 12.2. The Bertz CT molecular complexity index is 402. The van der Waals surface area contributed by atoms with E-state index in [1.165, 1.54) is 35.0 Å². The number of nitrogens with zero attached hydrogens (tertiary/aromatic N) is 2. The first-order valence-corrected chi connectivity index (χ1v) is 7.62. The van der Waals surface area contributed by atoms with Gasteiger partial charge in [-0.05, 0) is 26.3 Å². The van der Waals surface area contributed by atoms with E-state index < -0.39 is 0 Å². The Balaban J connectivity index is 2.26. The maximum atomic E-state index is 4.91. The van der Waals surface area contributed by atoms with Crippen molar-refractivity contribution in [2.45, 2.75) is 58.0 Å². The second kappa shape index (κ2) is 5.17. The van der Waals surface area contributed by atoms with Crippen molar-refractivity contribution in [3.8, 4) is 0 Å². The summed E-state index contributed by atoms with van der Waals surface area (Å²) in [5.74, 6) is 0. The SMILES string of the molecule is CNCc1sc(N(C)C2CCC2)nc1C(C)(C)C. The van der Waals surface area contributed by atoms with Crippen molar-refractivity contribution in [3.63, 3.8) is 0 Å². The maximum Gasteiger partial charge on any atom is 0.185 e. The lowest BCUT2D eigenvalue weighted by Crippen LogP contribution is -2.37. The minimum Gasteiger partial charge on any atom is -0.348 e. The molecule has 0 radical (unpaired) electrons. The minimum absolute atomic E-state index is 0.126. The Labute approximate surface area is 115 Å². The van der Waals surface area contributed by atoms with Crippen molar-refractivity contribution in [2.24, 2.45) is 0 Å². The Morgan fingerprint density at radius 2 is 2.06 bits per heavy atom. The van der Waals surface area contributed by atoms with Gasteiger partial charge in [-0.15, -0.1) is 11.3 Å². The Morgan fingerprint density at radius 1 is 1.39 bits per heavy atom. The number of aromatic nitrogens is 1. The molecule has 1 aliphatic carbocycles. The van der Waals surface area contributed by atoms with Crippen LogP contribution in [-0.4, -0.2) is 25.1 Å². The first-order valence-electron chi connectivity index (χ1n) is 6.81. The highest BCUT2D eigenvalue weighted by molar-refractivity contribution is 7.15. The molecular weight excluding hydrogens is 242 g/mol. The second-order valence-corrected chi connectivity index (χ2v) is 7.31. The summed E-state index contributed by atoms with van der Waals surface area (Å²) in [6.45, 7) is 7.65. The molecule has 0 bridgehead atoms. The van der Waals surface area contributed by atoms with Crippen LogP contribution >= 0.6 is 11.3 Å². The summed E-state index contributed by atoms with van der Waals surface area (Å²) in [4.78, 5) is 8.67. The van der Waals surface area contributed by atoms with Crippen LogP contribution in [0.1, 0.15) is 50.6 Å². The molecule has 1 aromatic rings. The molecule has 1 heterocycles. The highest BCUT2D eigenvalue weighted by Crippen LogP contribution is 2.36. The Morgan fingerprint density at radius 3 is 2.50 bits per heavy atom. The quantitative estimate of drug-likeness (QED) is 0.908. The van der Waals surface area contributed by atoms with Crippen LogP contribution in [0, 0.1) is 0 Å². The Kier molecular flexibility index (Phi) is 3.97. The molecule has 1 aromatic heterocycles. The Hall–Kier alpha value is -0.610. The summed E-state index contributed by atoms with van der Waals surface area (Å²) < 4.78 is 0. The lowest BCUT2D eigenvalue weighted by molar-refractivity contribution is 0.400. The summed E-state index contributed by atoms with van der Waals surface area (Å²) in [5.41, 5.74) is 1.38. The van der Waals surface area contributed by atoms with E-state index in [-0.39, 0.29) is 5.41 Å². The van der Waals surface area contributed by atoms with Gasteiger partial charge in [-0.25, -0.2) is 4.98 Å². The molecule has 102 valence electrons. The third kappa shape index (κ3) is 2.69. The molecule has 1 fully saturated rings. The summed E-state index contributed by atoms with van der Waals surface area (Å²) in [7, 11) is 4.19. The number of anilines is 1. The zero-order valence-corrected chi connectivity index (χ0v) is 13.0. The molecule has 0 saturated heterocycles. The molecule has 0 atom stereocenters. The van der Waals surface area contributed by atoms with E-state index in [4.69, 9.17) is 4.98 Å². The van der Waals surface area contributed by atoms with Crippen molar-refractivity contribution in [1.82, 2.24) is 10.3 Å². The molecule has 0 aromatic carbocycles. The van der Waals surface area contributed by atoms with Gasteiger partial charge in [0.05, 0.1) is 5.69 Å². The summed E-state index contributed by atoms with van der Waals surface area (Å²) in [5, 5.41) is 4.45. The van der Waals surface area contributed by atoms with Gasteiger partial charge in [-0.2, -0.15) is 0 Å². The van der Waals surface area contributed by atoms with E-state index in [1.54, 1.807) is 0 Å². The molecule has 0 amide bonds. The van der Waals surface area contributed by atoms with Crippen LogP contribution in [0.3, 0.4) is 0 Å². The van der Waals surface area contributed by atoms with Crippen molar-refractivity contribution in [3.05, 3.63) is 10.6 Å². The average Bonchev–Trinajstić information content (AvgIpc) is 2.59. The van der Waals surface area contributed by atoms with E-state index in [9.17, 15) is 0 Å². The summed E-state index contributed by atoms with van der Waals surface area (Å²) in [6, 6.07) is 0.714. The number of thiazole rings is 1. The van der Waals surface area contributed by atoms with Crippen LogP contribution in [0.2, 0.25) is 0 Å². The molecule has 1 N–H and O–H groups in total. The predicted octanol–water partition coefficient (Wildman–Crippen LogP) is 3.15. The molecule has 3 nitrogen and oxygen atoms in total. The number of hydrogen-bond donors (Lipinski definition) is 1. The zero-order chi connectivity index (χ0) is 13.3. The molecule has 4 heteroatoms. The number of nitrogens with one attached hydrogen (secondary N) is 1. The van der Waals surface area contributed by atoms with Crippen LogP contribution in [0.15, 0.2) is 0 Å². The molecule has 18 heavy (non-hydrogen) atoms. The monoisotopic (exact) mass is 267 g/mol. The fraction of sp³-hybridized carbons (Fsp3) is 0.786. The van der Waals surface area contributed by atoms with E-state index >= 15 is 0 Å². The molecule has 1 aliphatic rings. The van der Waals surface area contributed by atoms with Crippen molar-refractivity contribution < 1.29 is 0 Å². The number of rotatable bonds is 4. The highest BCUT2D eigenvalue weighted by atomic mass is 32.1. The van der Waals surface area contributed by atoms with Gasteiger partial charge >= 0.3 is 0 Å². The first kappa shape index (κ1) is 13.8. The second-order valence-electron chi connectivity index (χ2n) is 6.24. The third-order valence-corrected chi connectivity index (χ3v) is 4.80. The molecule has 2 rings (SSSR count). The van der Waals surface area contributed by atoms with Crippen molar-refractivity contribution in [1.29, 1.82) is 0 Å². The van der Waals surface area contributed by atoms with E-state index in [0.717, 1.165) is 6.54 Å². The van der Waals surface area contributed by atoms with Gasteiger partial charge in [0.15, 0.2) is 5.13 Å². The molecular formula is C14H25N3S. The van der Waals surface area contributed by atoms with Gasteiger partial charge in [0.1, 0.15) is 0 Å². The van der Waals surface area contributed by atoms with Crippen LogP contribution in [0.4, 0.5) is 5.13 Å². The fourth-order valence-electron chi connectivity index (χ4n) is 2.29. The fourth-order valence-corrected chi connectivity index (χ4v) is 3.60. The third-order valence-electron chi connectivity index (χ3n) is 3.66. The standard InChI is InChI=1S/C14H25N3S/c1-14(2,3)12-11(9-15-4)18-13(16-12)17(5)10-7-6-8-10/h10,15H,6-9H2,1-5H3. The summed E-state index contributed by atoms with van der Waals surface area (Å²) >= 11 is 1.85. The predicted molar refractivity (Wildman–Crippen MR) is 79.6 cm³/mol. The minimum atomic E-state index is 0.126. The van der Waals surface area contributed by atoms with Crippen LogP contribution in [0.5, 0.6) is 0 Å². The molecule has 0 spiro atoms. The normalized spacial score (nSPS) is 16.7. The van der Waals surface area contributed by atoms with E-state index in [0.29, 0.717) is 6.04 Å². The first-order chi connectivity index (χ1) is 8.43. The molecule has 1 saturated carbocycles. The maximum absolute atomic E-state index is 4.91. The number of hydrogen-bond acceptors (Lipinski definition) is 4. The van der Waals surface area contributed by atoms with Crippen molar-refractivity contribution in [2.75, 3.05) is 19.0 Å². The lowest BCUT2D eigenvalue weighted by atomic mass is 9.91. The van der Waals surface area contributed by atoms with E-state index in [1.807, 2.05) is 18.4 Å². The lowest BCUT2D eigenvalue weighted by Gasteiger charge is -2.34. The van der Waals surface area contributed by atoms with Crippen LogP contribution in [-0.2, 0) is 12.0 Å². The topological polar surface area (TPSA) is 28.2 Å². The van der Waals surface area contributed by atoms with Gasteiger partial charge in [-0.1, -0.05) is 20.8 Å². The van der Waals surface area contributed by atoms with Gasteiger partial charge in [0.2, 0.25) is 0 Å². The van der Waals surface area contributed by atoms with Gasteiger partial charge < -0.3 is 10.2 Å². The van der Waals surface area contributed by atoms with Crippen molar-refractivity contribution >= 4 is 16.5 Å². The largest absolute Gasteiger partial charge is 0.348 e. The molecule has 0 unspecified atom stereocenters. The van der Waals surface area contributed by atoms with Gasteiger partial charge in [0, 0.05) is 29.9 Å². The summed E-state index contributed by atoms with van der Waals surface area (Å²) in [6.07, 6.45) is 4.01. The average molecular weight is 267 g/mol. The molecule has 0 aliphatic heterocycles. The van der Waals surface area contributed by atoms with Crippen LogP contribution in [0.25, 0.3) is 0 Å².